The number of thiocarbonyl (C=S) groups is 1. The molecule has 1 aromatic carbocycles. The van der Waals surface area contributed by atoms with Crippen molar-refractivity contribution in [1.29, 1.82) is 0 Å². The second-order valence-corrected chi connectivity index (χ2v) is 5.88. The highest BCUT2D eigenvalue weighted by Crippen LogP contribution is 2.12. The molecular formula is C15H14IN3O2S. The molecule has 1 heterocycles. The van der Waals surface area contributed by atoms with E-state index in [9.17, 15) is 4.79 Å². The predicted octanol–water partition coefficient (Wildman–Crippen LogP) is 3.21. The normalized spacial score (nSPS) is 9.91. The van der Waals surface area contributed by atoms with Gasteiger partial charge in [0, 0.05) is 15.3 Å². The van der Waals surface area contributed by atoms with Crippen LogP contribution in [0, 0.1) is 3.57 Å². The van der Waals surface area contributed by atoms with Crippen LogP contribution in [0.3, 0.4) is 0 Å². The largest absolute Gasteiger partial charge is 0.494 e. The lowest BCUT2D eigenvalue weighted by Gasteiger charge is -2.09. The van der Waals surface area contributed by atoms with Crippen LogP contribution < -0.4 is 15.4 Å². The predicted molar refractivity (Wildman–Crippen MR) is 98.3 cm³/mol. The Morgan fingerprint density at radius 2 is 2.00 bits per heavy atom. The third-order valence-corrected chi connectivity index (χ3v) is 3.47. The lowest BCUT2D eigenvalue weighted by Crippen LogP contribution is -2.34. The summed E-state index contributed by atoms with van der Waals surface area (Å²) in [5.74, 6) is 1.02. The summed E-state index contributed by atoms with van der Waals surface area (Å²) < 4.78 is 6.35. The molecule has 0 unspecified atom stereocenters. The second kappa shape index (κ2) is 8.04. The number of pyridine rings is 1. The molecule has 2 N–H and O–H groups in total. The molecule has 2 aromatic rings. The Balaban J connectivity index is 1.93. The van der Waals surface area contributed by atoms with Crippen LogP contribution in [0.2, 0.25) is 0 Å². The highest BCUT2D eigenvalue weighted by molar-refractivity contribution is 14.1. The lowest BCUT2D eigenvalue weighted by atomic mass is 10.2. The average molecular weight is 427 g/mol. The van der Waals surface area contributed by atoms with Crippen molar-refractivity contribution in [2.75, 3.05) is 11.9 Å². The van der Waals surface area contributed by atoms with Gasteiger partial charge in [-0.25, -0.2) is 4.98 Å². The molecule has 0 spiro atoms. The molecule has 2 rings (SSSR count). The number of carbonyl (C=O) groups excluding carboxylic acids is 1. The number of benzene rings is 1. The van der Waals surface area contributed by atoms with Gasteiger partial charge in [-0.1, -0.05) is 0 Å². The quantitative estimate of drug-likeness (QED) is 0.580. The first-order valence-electron chi connectivity index (χ1n) is 6.55. The minimum Gasteiger partial charge on any atom is -0.494 e. The number of hydrogen-bond donors (Lipinski definition) is 2. The van der Waals surface area contributed by atoms with Gasteiger partial charge in [0.1, 0.15) is 11.6 Å². The number of anilines is 1. The van der Waals surface area contributed by atoms with Crippen LogP contribution in [-0.4, -0.2) is 22.6 Å². The van der Waals surface area contributed by atoms with Crippen LogP contribution in [0.4, 0.5) is 5.82 Å². The fraction of sp³-hybridized carbons (Fsp3) is 0.133. The van der Waals surface area contributed by atoms with E-state index in [0.29, 0.717) is 18.0 Å². The summed E-state index contributed by atoms with van der Waals surface area (Å²) in [6.45, 7) is 2.49. The van der Waals surface area contributed by atoms with E-state index in [-0.39, 0.29) is 11.0 Å². The summed E-state index contributed by atoms with van der Waals surface area (Å²) in [6, 6.07) is 10.5. The van der Waals surface area contributed by atoms with Crippen molar-refractivity contribution < 1.29 is 9.53 Å². The van der Waals surface area contributed by atoms with E-state index < -0.39 is 0 Å². The van der Waals surface area contributed by atoms with Gasteiger partial charge >= 0.3 is 0 Å². The van der Waals surface area contributed by atoms with Crippen LogP contribution in [0.1, 0.15) is 17.3 Å². The van der Waals surface area contributed by atoms with E-state index in [4.69, 9.17) is 17.0 Å². The minimum atomic E-state index is -0.286. The monoisotopic (exact) mass is 427 g/mol. The number of halogens is 1. The van der Waals surface area contributed by atoms with E-state index in [1.165, 1.54) is 0 Å². The smallest absolute Gasteiger partial charge is 0.257 e. The molecule has 114 valence electrons. The third kappa shape index (κ3) is 4.92. The molecular weight excluding hydrogens is 413 g/mol. The zero-order valence-corrected chi connectivity index (χ0v) is 14.8. The highest BCUT2D eigenvalue weighted by atomic mass is 127. The first-order valence-corrected chi connectivity index (χ1v) is 8.04. The Morgan fingerprint density at radius 3 is 2.59 bits per heavy atom. The number of nitrogens with one attached hydrogen (secondary N) is 2. The van der Waals surface area contributed by atoms with Crippen LogP contribution >= 0.6 is 34.8 Å². The number of aromatic nitrogens is 1. The fourth-order valence-electron chi connectivity index (χ4n) is 1.64. The molecule has 7 heteroatoms. The Kier molecular flexibility index (Phi) is 6.08. The molecule has 1 amide bonds. The zero-order chi connectivity index (χ0) is 15.9. The molecule has 0 bridgehead atoms. The maximum Gasteiger partial charge on any atom is 0.257 e. The van der Waals surface area contributed by atoms with Gasteiger partial charge in [-0.2, -0.15) is 0 Å². The molecule has 22 heavy (non-hydrogen) atoms. The lowest BCUT2D eigenvalue weighted by molar-refractivity contribution is 0.0977. The van der Waals surface area contributed by atoms with E-state index >= 15 is 0 Å². The van der Waals surface area contributed by atoms with E-state index in [2.05, 4.69) is 38.2 Å². The topological polar surface area (TPSA) is 63.2 Å². The zero-order valence-electron chi connectivity index (χ0n) is 11.8. The van der Waals surface area contributed by atoms with Crippen molar-refractivity contribution in [3.63, 3.8) is 0 Å². The Labute approximate surface area is 147 Å². The standard InChI is InChI=1S/C15H14IN3O2S/c1-2-21-12-6-3-10(4-7-12)14(20)19-15(22)18-13-8-5-11(16)9-17-13/h3-9H,2H2,1H3,(H2,17,18,19,20,22). The first kappa shape index (κ1) is 16.6. The number of hydrogen-bond acceptors (Lipinski definition) is 4. The Bertz CT molecular complexity index is 659. The van der Waals surface area contributed by atoms with E-state index in [0.717, 1.165) is 9.32 Å². The van der Waals surface area contributed by atoms with Crippen molar-refractivity contribution in [1.82, 2.24) is 10.3 Å². The number of nitrogens with zero attached hydrogens (tertiary/aromatic N) is 1. The molecule has 0 saturated heterocycles. The molecule has 1 aromatic heterocycles. The molecule has 0 aliphatic heterocycles. The number of ether oxygens (including phenoxy) is 1. The first-order chi connectivity index (χ1) is 10.6. The van der Waals surface area contributed by atoms with Crippen molar-refractivity contribution in [2.45, 2.75) is 6.92 Å². The summed E-state index contributed by atoms with van der Waals surface area (Å²) in [6.07, 6.45) is 1.71. The van der Waals surface area contributed by atoms with Crippen LogP contribution in [0.25, 0.3) is 0 Å². The van der Waals surface area contributed by atoms with Gasteiger partial charge in [-0.05, 0) is 78.1 Å². The Hall–Kier alpha value is -1.74. The van der Waals surface area contributed by atoms with Gasteiger partial charge in [0.05, 0.1) is 6.61 Å². The van der Waals surface area contributed by atoms with E-state index in [1.54, 1.807) is 36.5 Å². The summed E-state index contributed by atoms with van der Waals surface area (Å²) in [5, 5.41) is 5.67. The molecule has 0 aliphatic carbocycles. The molecule has 5 nitrogen and oxygen atoms in total. The number of carbonyl (C=O) groups is 1. The van der Waals surface area contributed by atoms with Crippen molar-refractivity contribution in [3.8, 4) is 5.75 Å². The van der Waals surface area contributed by atoms with Crippen LogP contribution in [0.15, 0.2) is 42.6 Å². The SMILES string of the molecule is CCOc1ccc(C(=O)NC(=S)Nc2ccc(I)cn2)cc1. The third-order valence-electron chi connectivity index (χ3n) is 2.62. The minimum absolute atomic E-state index is 0.201. The van der Waals surface area contributed by atoms with Crippen LogP contribution in [-0.2, 0) is 0 Å². The Morgan fingerprint density at radius 1 is 1.27 bits per heavy atom. The van der Waals surface area contributed by atoms with Gasteiger partial charge in [0.25, 0.3) is 5.91 Å². The van der Waals surface area contributed by atoms with Gasteiger partial charge in [-0.15, -0.1) is 0 Å². The molecule has 0 atom stereocenters. The number of rotatable bonds is 4. The summed E-state index contributed by atoms with van der Waals surface area (Å²) in [4.78, 5) is 16.2. The highest BCUT2D eigenvalue weighted by Gasteiger charge is 2.08. The van der Waals surface area contributed by atoms with E-state index in [1.807, 2.05) is 13.0 Å². The summed E-state index contributed by atoms with van der Waals surface area (Å²) >= 11 is 7.27. The maximum atomic E-state index is 12.1. The van der Waals surface area contributed by atoms with Gasteiger partial charge in [0.15, 0.2) is 5.11 Å². The average Bonchev–Trinajstić information content (AvgIpc) is 2.50. The van der Waals surface area contributed by atoms with Gasteiger partial charge < -0.3 is 10.1 Å². The molecule has 0 aliphatic rings. The maximum absolute atomic E-state index is 12.1. The van der Waals surface area contributed by atoms with Gasteiger partial charge in [0.2, 0.25) is 0 Å². The van der Waals surface area contributed by atoms with Crippen molar-refractivity contribution in [3.05, 3.63) is 51.7 Å². The van der Waals surface area contributed by atoms with Crippen molar-refractivity contribution in [2.24, 2.45) is 0 Å². The van der Waals surface area contributed by atoms with Gasteiger partial charge in [-0.3, -0.25) is 10.1 Å². The van der Waals surface area contributed by atoms with Crippen molar-refractivity contribution >= 4 is 51.6 Å². The fourth-order valence-corrected chi connectivity index (χ4v) is 2.16. The molecule has 0 fully saturated rings. The molecule has 0 radical (unpaired) electrons. The summed E-state index contributed by atoms with van der Waals surface area (Å²) in [7, 11) is 0. The summed E-state index contributed by atoms with van der Waals surface area (Å²) in [5.41, 5.74) is 0.503. The second-order valence-electron chi connectivity index (χ2n) is 4.23. The number of amides is 1. The molecule has 0 saturated carbocycles. The van der Waals surface area contributed by atoms with Crippen LogP contribution in [0.5, 0.6) is 5.75 Å².